The van der Waals surface area contributed by atoms with Gasteiger partial charge in [0.2, 0.25) is 5.91 Å². The highest BCUT2D eigenvalue weighted by atomic mass is 35.5. The van der Waals surface area contributed by atoms with Gasteiger partial charge in [0.1, 0.15) is 6.04 Å². The molecule has 3 fully saturated rings. The van der Waals surface area contributed by atoms with E-state index in [4.69, 9.17) is 0 Å². The molecular weight excluding hydrogens is 374 g/mol. The van der Waals surface area contributed by atoms with Crippen molar-refractivity contribution in [3.05, 3.63) is 35.9 Å². The van der Waals surface area contributed by atoms with Gasteiger partial charge in [0.15, 0.2) is 0 Å². The molecule has 3 aliphatic heterocycles. The van der Waals surface area contributed by atoms with Crippen LogP contribution in [0.25, 0.3) is 0 Å². The average molecular weight is 408 g/mol. The topological polar surface area (TPSA) is 68.4 Å². The van der Waals surface area contributed by atoms with Gasteiger partial charge in [-0.1, -0.05) is 37.3 Å². The fourth-order valence-electron chi connectivity index (χ4n) is 4.76. The minimum absolute atomic E-state index is 0. The molecule has 4 rings (SSSR count). The highest BCUT2D eigenvalue weighted by Crippen LogP contribution is 2.27. The van der Waals surface area contributed by atoms with Gasteiger partial charge >= 0.3 is 0 Å². The lowest BCUT2D eigenvalue weighted by Crippen LogP contribution is -2.51. The number of nitrogens with zero attached hydrogens (tertiary/aromatic N) is 1. The first-order valence-electron chi connectivity index (χ1n) is 10.5. The van der Waals surface area contributed by atoms with E-state index in [-0.39, 0.29) is 30.4 Å². The molecule has 28 heavy (non-hydrogen) atoms. The van der Waals surface area contributed by atoms with E-state index in [9.17, 15) is 4.79 Å². The van der Waals surface area contributed by atoms with Gasteiger partial charge in [0, 0.05) is 25.0 Å². The van der Waals surface area contributed by atoms with Crippen molar-refractivity contribution in [3.63, 3.8) is 0 Å². The van der Waals surface area contributed by atoms with E-state index in [0.717, 1.165) is 38.5 Å². The fourth-order valence-corrected chi connectivity index (χ4v) is 4.76. The Balaban J connectivity index is 0.00000225. The number of carbonyl (C=O) groups excluding carboxylic acids is 1. The van der Waals surface area contributed by atoms with Crippen molar-refractivity contribution >= 4 is 18.3 Å². The van der Waals surface area contributed by atoms with E-state index in [2.05, 4.69) is 63.6 Å². The van der Waals surface area contributed by atoms with Gasteiger partial charge in [0.05, 0.1) is 6.04 Å². The Morgan fingerprint density at radius 1 is 1.18 bits per heavy atom. The van der Waals surface area contributed by atoms with Crippen LogP contribution in [0.2, 0.25) is 0 Å². The van der Waals surface area contributed by atoms with Crippen molar-refractivity contribution in [1.29, 1.82) is 0 Å². The van der Waals surface area contributed by atoms with Gasteiger partial charge in [0.25, 0.3) is 0 Å². The summed E-state index contributed by atoms with van der Waals surface area (Å²) < 4.78 is 0. The number of amides is 1. The highest BCUT2D eigenvalue weighted by molar-refractivity contribution is 5.85. The van der Waals surface area contributed by atoms with Gasteiger partial charge in [-0.15, -0.1) is 12.4 Å². The van der Waals surface area contributed by atoms with Crippen molar-refractivity contribution in [1.82, 2.24) is 26.4 Å². The lowest BCUT2D eigenvalue weighted by Gasteiger charge is -2.37. The summed E-state index contributed by atoms with van der Waals surface area (Å²) in [5.74, 6) is 1.24. The van der Waals surface area contributed by atoms with Crippen LogP contribution in [0.4, 0.5) is 0 Å². The number of nitrogens with one attached hydrogen (secondary N) is 4. The zero-order chi connectivity index (χ0) is 18.6. The molecule has 1 aromatic rings. The van der Waals surface area contributed by atoms with Crippen molar-refractivity contribution < 1.29 is 4.79 Å². The van der Waals surface area contributed by atoms with Crippen LogP contribution in [0, 0.1) is 11.8 Å². The molecule has 0 radical (unpaired) electrons. The van der Waals surface area contributed by atoms with Crippen molar-refractivity contribution in [3.8, 4) is 0 Å². The summed E-state index contributed by atoms with van der Waals surface area (Å²) in [5, 5.41) is 6.67. The molecule has 3 saturated heterocycles. The molecule has 1 aromatic carbocycles. The number of fused-ring (bicyclic) bond motifs is 1. The lowest BCUT2D eigenvalue weighted by molar-refractivity contribution is -0.124. The first kappa shape index (κ1) is 21.5. The lowest BCUT2D eigenvalue weighted by atomic mass is 9.89. The van der Waals surface area contributed by atoms with Gasteiger partial charge < -0.3 is 10.6 Å². The van der Waals surface area contributed by atoms with E-state index in [1.807, 2.05) is 0 Å². The molecule has 3 aliphatic rings. The van der Waals surface area contributed by atoms with E-state index >= 15 is 0 Å². The smallest absolute Gasteiger partial charge is 0.238 e. The fraction of sp³-hybridized carbons (Fsp3) is 0.667. The quantitative estimate of drug-likeness (QED) is 0.595. The van der Waals surface area contributed by atoms with Gasteiger partial charge in [-0.3, -0.25) is 15.1 Å². The van der Waals surface area contributed by atoms with Crippen LogP contribution < -0.4 is 21.5 Å². The zero-order valence-corrected chi connectivity index (χ0v) is 17.5. The third-order valence-electron chi connectivity index (χ3n) is 6.58. The molecule has 0 spiro atoms. The minimum atomic E-state index is -0.152. The number of carbonyl (C=O) groups is 1. The predicted molar refractivity (Wildman–Crippen MR) is 114 cm³/mol. The van der Waals surface area contributed by atoms with Crippen molar-refractivity contribution in [2.24, 2.45) is 11.8 Å². The highest BCUT2D eigenvalue weighted by Gasteiger charge is 2.41. The Hall–Kier alpha value is -1.18. The molecule has 1 amide bonds. The summed E-state index contributed by atoms with van der Waals surface area (Å²) in [6, 6.07) is 11.1. The molecule has 6 nitrogen and oxygen atoms in total. The standard InChI is InChI=1S/C21H33N5O.ClH/c1-15-8-11-26(12-9-15)19(16-5-3-2-4-6-16)14-23-21(27)20-17-13-22-10-7-18(17)24-25-20;/h2-6,15,17-20,22,24-25H,7-14H2,1H3,(H,23,27);1H. The monoisotopic (exact) mass is 407 g/mol. The number of hydrogen-bond donors (Lipinski definition) is 4. The Labute approximate surface area is 174 Å². The van der Waals surface area contributed by atoms with Crippen LogP contribution in [-0.2, 0) is 4.79 Å². The molecule has 0 bridgehead atoms. The number of hydrazine groups is 1. The summed E-state index contributed by atoms with van der Waals surface area (Å²) in [6.45, 7) is 7.13. The van der Waals surface area contributed by atoms with E-state index in [1.165, 1.54) is 18.4 Å². The Bertz CT molecular complexity index is 622. The van der Waals surface area contributed by atoms with Crippen molar-refractivity contribution in [2.45, 2.75) is 44.3 Å². The maximum Gasteiger partial charge on any atom is 0.238 e. The first-order chi connectivity index (χ1) is 13.2. The van der Waals surface area contributed by atoms with Crippen LogP contribution in [0.5, 0.6) is 0 Å². The van der Waals surface area contributed by atoms with Crippen LogP contribution in [-0.4, -0.2) is 55.6 Å². The molecule has 4 N–H and O–H groups in total. The SMILES string of the molecule is CC1CCN(C(CNC(=O)C2NNC3CCNCC32)c2ccccc2)CC1.Cl. The maximum atomic E-state index is 12.9. The minimum Gasteiger partial charge on any atom is -0.353 e. The van der Waals surface area contributed by atoms with Crippen molar-refractivity contribution in [2.75, 3.05) is 32.7 Å². The summed E-state index contributed by atoms with van der Waals surface area (Å²) in [6.07, 6.45) is 3.54. The van der Waals surface area contributed by atoms with Gasteiger partial charge in [-0.25, -0.2) is 5.43 Å². The second-order valence-corrected chi connectivity index (χ2v) is 8.42. The second-order valence-electron chi connectivity index (χ2n) is 8.42. The second kappa shape index (κ2) is 10.0. The Morgan fingerprint density at radius 3 is 2.68 bits per heavy atom. The average Bonchev–Trinajstić information content (AvgIpc) is 3.14. The molecule has 4 atom stereocenters. The number of rotatable bonds is 5. The van der Waals surface area contributed by atoms with Crippen LogP contribution in [0.1, 0.15) is 37.8 Å². The van der Waals surface area contributed by atoms with Gasteiger partial charge in [-0.2, -0.15) is 0 Å². The van der Waals surface area contributed by atoms with Crippen LogP contribution in [0.3, 0.4) is 0 Å². The van der Waals surface area contributed by atoms with Crippen LogP contribution >= 0.6 is 12.4 Å². The molecule has 0 aliphatic carbocycles. The number of hydrogen-bond acceptors (Lipinski definition) is 5. The third kappa shape index (κ3) is 4.86. The molecule has 4 unspecified atom stereocenters. The predicted octanol–water partition coefficient (Wildman–Crippen LogP) is 1.45. The van der Waals surface area contributed by atoms with Gasteiger partial charge in [-0.05, 0) is 50.4 Å². The van der Waals surface area contributed by atoms with E-state index < -0.39 is 0 Å². The molecule has 156 valence electrons. The molecule has 0 saturated carbocycles. The maximum absolute atomic E-state index is 12.9. The Morgan fingerprint density at radius 2 is 1.93 bits per heavy atom. The number of piperidine rings is 2. The number of halogens is 1. The normalized spacial score (nSPS) is 29.5. The largest absolute Gasteiger partial charge is 0.353 e. The summed E-state index contributed by atoms with van der Waals surface area (Å²) in [5.41, 5.74) is 7.84. The molecule has 3 heterocycles. The summed E-state index contributed by atoms with van der Waals surface area (Å²) in [4.78, 5) is 15.5. The molecule has 0 aromatic heterocycles. The zero-order valence-electron chi connectivity index (χ0n) is 16.7. The summed E-state index contributed by atoms with van der Waals surface area (Å²) >= 11 is 0. The number of benzene rings is 1. The first-order valence-corrected chi connectivity index (χ1v) is 10.5. The Kier molecular flexibility index (Phi) is 7.71. The van der Waals surface area contributed by atoms with E-state index in [1.54, 1.807) is 0 Å². The van der Waals surface area contributed by atoms with Crippen LogP contribution in [0.15, 0.2) is 30.3 Å². The summed E-state index contributed by atoms with van der Waals surface area (Å²) in [7, 11) is 0. The molecular formula is C21H34ClN5O. The third-order valence-corrected chi connectivity index (χ3v) is 6.58. The van der Waals surface area contributed by atoms with E-state index in [0.29, 0.717) is 18.5 Å². The number of likely N-dealkylation sites (tertiary alicyclic amines) is 1. The molecule has 7 heteroatoms.